The number of thiophene rings is 1. The summed E-state index contributed by atoms with van der Waals surface area (Å²) in [5, 5.41) is 25.0. The molecule has 2 heterocycles. The first-order valence-electron chi connectivity index (χ1n) is 5.78. The zero-order valence-corrected chi connectivity index (χ0v) is 11.5. The van der Waals surface area contributed by atoms with E-state index in [9.17, 15) is 9.90 Å². The molecule has 0 saturated carbocycles. The summed E-state index contributed by atoms with van der Waals surface area (Å²) in [5.41, 5.74) is 0.890. The lowest BCUT2D eigenvalue weighted by Crippen LogP contribution is -2.35. The number of nitrogens with zero attached hydrogens (tertiary/aromatic N) is 5. The third kappa shape index (κ3) is 3.58. The average Bonchev–Trinajstić information content (AvgIpc) is 2.96. The van der Waals surface area contributed by atoms with E-state index < -0.39 is 6.10 Å². The fourth-order valence-electron chi connectivity index (χ4n) is 1.56. The molecule has 0 spiro atoms. The summed E-state index contributed by atoms with van der Waals surface area (Å²) in [7, 11) is 1.63. The summed E-state index contributed by atoms with van der Waals surface area (Å²) >= 11 is 1.55. The highest BCUT2D eigenvalue weighted by Gasteiger charge is 2.14. The van der Waals surface area contributed by atoms with Gasteiger partial charge in [-0.3, -0.25) is 4.79 Å². The molecule has 102 valence electrons. The van der Waals surface area contributed by atoms with Crippen LogP contribution in [0.2, 0.25) is 0 Å². The minimum Gasteiger partial charge on any atom is -0.392 e. The molecular formula is C11H15N5O2S. The standard InChI is InChI=1S/C11H15N5O2S/c1-8(17)5-15(2)10(18)6-16-13-11(12-14-16)9-3-4-19-7-9/h3-4,7-8,17H,5-6H2,1-2H3. The van der Waals surface area contributed by atoms with Crippen LogP contribution in [0.3, 0.4) is 0 Å². The number of aliphatic hydroxyl groups is 1. The number of amides is 1. The Morgan fingerprint density at radius 2 is 2.42 bits per heavy atom. The number of rotatable bonds is 5. The monoisotopic (exact) mass is 281 g/mol. The topological polar surface area (TPSA) is 84.1 Å². The van der Waals surface area contributed by atoms with E-state index in [1.807, 2.05) is 16.8 Å². The van der Waals surface area contributed by atoms with E-state index in [0.717, 1.165) is 5.56 Å². The molecule has 19 heavy (non-hydrogen) atoms. The molecule has 2 aromatic rings. The predicted octanol–water partition coefficient (Wildman–Crippen LogP) is 0.241. The van der Waals surface area contributed by atoms with Crippen LogP contribution in [0.4, 0.5) is 0 Å². The van der Waals surface area contributed by atoms with E-state index >= 15 is 0 Å². The largest absolute Gasteiger partial charge is 0.392 e. The first-order valence-corrected chi connectivity index (χ1v) is 6.73. The molecule has 1 atom stereocenters. The molecule has 1 N–H and O–H groups in total. The summed E-state index contributed by atoms with van der Waals surface area (Å²) in [6, 6.07) is 1.90. The van der Waals surface area contributed by atoms with Gasteiger partial charge in [0, 0.05) is 24.5 Å². The van der Waals surface area contributed by atoms with Gasteiger partial charge >= 0.3 is 0 Å². The maximum absolute atomic E-state index is 11.8. The molecular weight excluding hydrogens is 266 g/mol. The van der Waals surface area contributed by atoms with Gasteiger partial charge in [-0.2, -0.15) is 16.1 Å². The molecule has 0 aliphatic carbocycles. The first kappa shape index (κ1) is 13.6. The van der Waals surface area contributed by atoms with Crippen LogP contribution >= 0.6 is 11.3 Å². The molecule has 0 aromatic carbocycles. The van der Waals surface area contributed by atoms with E-state index in [2.05, 4.69) is 15.4 Å². The van der Waals surface area contributed by atoms with E-state index in [1.54, 1.807) is 25.3 Å². The summed E-state index contributed by atoms with van der Waals surface area (Å²) in [6.07, 6.45) is -0.556. The highest BCUT2D eigenvalue weighted by molar-refractivity contribution is 7.08. The normalized spacial score (nSPS) is 12.4. The maximum atomic E-state index is 11.8. The van der Waals surface area contributed by atoms with Gasteiger partial charge in [0.05, 0.1) is 6.10 Å². The molecule has 0 bridgehead atoms. The van der Waals surface area contributed by atoms with Crippen molar-refractivity contribution in [3.8, 4) is 11.4 Å². The Morgan fingerprint density at radius 3 is 3.05 bits per heavy atom. The molecule has 2 rings (SSSR count). The van der Waals surface area contributed by atoms with E-state index in [0.29, 0.717) is 5.82 Å². The van der Waals surface area contributed by atoms with Gasteiger partial charge in [0.1, 0.15) is 6.54 Å². The molecule has 0 aliphatic rings. The number of carbonyl (C=O) groups is 1. The SMILES string of the molecule is CC(O)CN(C)C(=O)Cn1nnc(-c2ccsc2)n1. The number of aliphatic hydroxyl groups excluding tert-OH is 1. The molecule has 7 nitrogen and oxygen atoms in total. The Hall–Kier alpha value is -1.80. The number of aromatic nitrogens is 4. The molecule has 0 radical (unpaired) electrons. The smallest absolute Gasteiger partial charge is 0.246 e. The predicted molar refractivity (Wildman–Crippen MR) is 70.4 cm³/mol. The van der Waals surface area contributed by atoms with Gasteiger partial charge in [0.2, 0.25) is 11.7 Å². The fourth-order valence-corrected chi connectivity index (χ4v) is 2.19. The van der Waals surface area contributed by atoms with Gasteiger partial charge in [0.15, 0.2) is 0 Å². The summed E-state index contributed by atoms with van der Waals surface area (Å²) in [6.45, 7) is 1.93. The van der Waals surface area contributed by atoms with Crippen molar-refractivity contribution < 1.29 is 9.90 Å². The van der Waals surface area contributed by atoms with Gasteiger partial charge < -0.3 is 10.0 Å². The average molecular weight is 281 g/mol. The molecule has 0 saturated heterocycles. The maximum Gasteiger partial charge on any atom is 0.246 e. The van der Waals surface area contributed by atoms with Crippen molar-refractivity contribution in [2.24, 2.45) is 0 Å². The van der Waals surface area contributed by atoms with Crippen molar-refractivity contribution in [1.29, 1.82) is 0 Å². The van der Waals surface area contributed by atoms with Crippen LogP contribution in [0.1, 0.15) is 6.92 Å². The van der Waals surface area contributed by atoms with Crippen LogP contribution in [-0.4, -0.2) is 55.8 Å². The van der Waals surface area contributed by atoms with Crippen molar-refractivity contribution in [3.63, 3.8) is 0 Å². The molecule has 2 aromatic heterocycles. The van der Waals surface area contributed by atoms with Gasteiger partial charge in [0.25, 0.3) is 0 Å². The van der Waals surface area contributed by atoms with Crippen LogP contribution in [0, 0.1) is 0 Å². The number of hydrogen-bond donors (Lipinski definition) is 1. The Kier molecular flexibility index (Phi) is 4.23. The Morgan fingerprint density at radius 1 is 1.63 bits per heavy atom. The fraction of sp³-hybridized carbons (Fsp3) is 0.455. The lowest BCUT2D eigenvalue weighted by molar-refractivity contribution is -0.132. The van der Waals surface area contributed by atoms with Gasteiger partial charge in [-0.25, -0.2) is 0 Å². The molecule has 1 unspecified atom stereocenters. The highest BCUT2D eigenvalue weighted by Crippen LogP contribution is 2.16. The van der Waals surface area contributed by atoms with Crippen molar-refractivity contribution in [2.75, 3.05) is 13.6 Å². The van der Waals surface area contributed by atoms with E-state index in [1.165, 1.54) is 9.70 Å². The number of tetrazole rings is 1. The Bertz CT molecular complexity index is 537. The third-order valence-corrected chi connectivity index (χ3v) is 3.16. The quantitative estimate of drug-likeness (QED) is 0.848. The van der Waals surface area contributed by atoms with E-state index in [-0.39, 0.29) is 19.0 Å². The molecule has 0 fully saturated rings. The second-order valence-corrected chi connectivity index (χ2v) is 5.06. The van der Waals surface area contributed by atoms with Crippen molar-refractivity contribution >= 4 is 17.2 Å². The van der Waals surface area contributed by atoms with Crippen LogP contribution in [0.15, 0.2) is 16.8 Å². The highest BCUT2D eigenvalue weighted by atomic mass is 32.1. The van der Waals surface area contributed by atoms with Crippen molar-refractivity contribution in [2.45, 2.75) is 19.6 Å². The summed E-state index contributed by atoms with van der Waals surface area (Å²) < 4.78 is 0. The first-order chi connectivity index (χ1) is 9.06. The zero-order valence-electron chi connectivity index (χ0n) is 10.7. The second kappa shape index (κ2) is 5.89. The van der Waals surface area contributed by atoms with Crippen LogP contribution < -0.4 is 0 Å². The lowest BCUT2D eigenvalue weighted by atomic mass is 10.3. The van der Waals surface area contributed by atoms with Gasteiger partial charge in [-0.1, -0.05) is 0 Å². The van der Waals surface area contributed by atoms with Gasteiger partial charge in [-0.15, -0.1) is 10.2 Å². The second-order valence-electron chi connectivity index (χ2n) is 4.28. The Balaban J connectivity index is 1.98. The summed E-state index contributed by atoms with van der Waals surface area (Å²) in [4.78, 5) is 14.5. The van der Waals surface area contributed by atoms with Crippen LogP contribution in [0.25, 0.3) is 11.4 Å². The molecule has 8 heteroatoms. The summed E-state index contributed by atoms with van der Waals surface area (Å²) in [5.74, 6) is 0.336. The number of likely N-dealkylation sites (N-methyl/N-ethyl adjacent to an activating group) is 1. The minimum absolute atomic E-state index is 0.0142. The number of carbonyl (C=O) groups excluding carboxylic acids is 1. The zero-order chi connectivity index (χ0) is 13.8. The van der Waals surface area contributed by atoms with E-state index in [4.69, 9.17) is 0 Å². The minimum atomic E-state index is -0.556. The molecule has 0 aliphatic heterocycles. The third-order valence-electron chi connectivity index (χ3n) is 2.47. The van der Waals surface area contributed by atoms with Crippen molar-refractivity contribution in [3.05, 3.63) is 16.8 Å². The lowest BCUT2D eigenvalue weighted by Gasteiger charge is -2.17. The van der Waals surface area contributed by atoms with Crippen molar-refractivity contribution in [1.82, 2.24) is 25.1 Å². The van der Waals surface area contributed by atoms with Crippen LogP contribution in [-0.2, 0) is 11.3 Å². The molecule has 1 amide bonds. The van der Waals surface area contributed by atoms with Crippen LogP contribution in [0.5, 0.6) is 0 Å². The number of hydrogen-bond acceptors (Lipinski definition) is 6. The Labute approximate surface area is 114 Å². The van der Waals surface area contributed by atoms with Gasteiger partial charge in [-0.05, 0) is 23.6 Å².